The van der Waals surface area contributed by atoms with Gasteiger partial charge in [-0.05, 0) is 34.0 Å². The van der Waals surface area contributed by atoms with Crippen molar-refractivity contribution in [2.75, 3.05) is 18.0 Å². The lowest BCUT2D eigenvalue weighted by Gasteiger charge is -2.26. The number of hydrogen-bond donors (Lipinski definition) is 0. The van der Waals surface area contributed by atoms with E-state index >= 15 is 0 Å². The van der Waals surface area contributed by atoms with Crippen LogP contribution in [0.1, 0.15) is 20.3 Å². The number of rotatable bonds is 5. The second kappa shape index (κ2) is 6.67. The van der Waals surface area contributed by atoms with E-state index in [0.29, 0.717) is 18.9 Å². The number of nitrogens with zero attached hydrogens (tertiary/aromatic N) is 4. The quantitative estimate of drug-likeness (QED) is 0.836. The normalized spacial score (nSPS) is 10.8. The Morgan fingerprint density at radius 1 is 1.40 bits per heavy atom. The molecule has 0 unspecified atom stereocenters. The Morgan fingerprint density at radius 2 is 2.20 bits per heavy atom. The van der Waals surface area contributed by atoms with Gasteiger partial charge < -0.3 is 4.90 Å². The van der Waals surface area contributed by atoms with Gasteiger partial charge in [-0.15, -0.1) is 0 Å². The third-order valence-electron chi connectivity index (χ3n) is 2.94. The number of nitriles is 1. The zero-order valence-electron chi connectivity index (χ0n) is 11.7. The molecule has 0 spiro atoms. The summed E-state index contributed by atoms with van der Waals surface area (Å²) in [4.78, 5) is 11.1. The van der Waals surface area contributed by atoms with Crippen molar-refractivity contribution in [1.29, 1.82) is 5.26 Å². The molecule has 2 rings (SSSR count). The lowest BCUT2D eigenvalue weighted by Crippen LogP contribution is -2.28. The molecule has 2 aromatic rings. The molecule has 0 aliphatic heterocycles. The van der Waals surface area contributed by atoms with Gasteiger partial charge in [0.1, 0.15) is 5.52 Å². The number of hydrogen-bond acceptors (Lipinski definition) is 4. The maximum atomic E-state index is 8.84. The van der Waals surface area contributed by atoms with Gasteiger partial charge >= 0.3 is 0 Å². The Kier molecular flexibility index (Phi) is 4.91. The highest BCUT2D eigenvalue weighted by Crippen LogP contribution is 2.26. The molecule has 0 saturated carbocycles. The van der Waals surface area contributed by atoms with Crippen LogP contribution in [0.15, 0.2) is 29.0 Å². The summed E-state index contributed by atoms with van der Waals surface area (Å²) >= 11 is 3.42. The third-order valence-corrected chi connectivity index (χ3v) is 3.38. The molecule has 2 aromatic heterocycles. The van der Waals surface area contributed by atoms with E-state index in [-0.39, 0.29) is 0 Å². The molecule has 0 radical (unpaired) electrons. The van der Waals surface area contributed by atoms with Crippen LogP contribution in [0.4, 0.5) is 5.69 Å². The zero-order valence-corrected chi connectivity index (χ0v) is 13.3. The summed E-state index contributed by atoms with van der Waals surface area (Å²) in [5.74, 6) is 0.521. The number of anilines is 1. The Hall–Kier alpha value is -1.67. The molecular formula is C15H17BrN4. The Bertz CT molecular complexity index is 633. The van der Waals surface area contributed by atoms with Gasteiger partial charge in [0.25, 0.3) is 0 Å². The Labute approximate surface area is 127 Å². The molecule has 104 valence electrons. The van der Waals surface area contributed by atoms with Crippen molar-refractivity contribution in [1.82, 2.24) is 9.97 Å². The van der Waals surface area contributed by atoms with Crippen molar-refractivity contribution in [2.45, 2.75) is 20.3 Å². The van der Waals surface area contributed by atoms with Gasteiger partial charge in [-0.25, -0.2) is 0 Å². The molecule has 0 atom stereocenters. The van der Waals surface area contributed by atoms with Gasteiger partial charge in [-0.2, -0.15) is 5.26 Å². The summed E-state index contributed by atoms with van der Waals surface area (Å²) in [6.45, 7) is 5.96. The topological polar surface area (TPSA) is 52.8 Å². The monoisotopic (exact) mass is 332 g/mol. The van der Waals surface area contributed by atoms with E-state index in [1.807, 2.05) is 12.1 Å². The maximum absolute atomic E-state index is 8.84. The highest BCUT2D eigenvalue weighted by Gasteiger charge is 2.13. The molecule has 0 bridgehead atoms. The summed E-state index contributed by atoms with van der Waals surface area (Å²) in [5.41, 5.74) is 2.79. The minimum absolute atomic E-state index is 0.507. The van der Waals surface area contributed by atoms with Crippen molar-refractivity contribution >= 4 is 32.7 Å². The van der Waals surface area contributed by atoms with E-state index in [9.17, 15) is 0 Å². The van der Waals surface area contributed by atoms with Crippen LogP contribution in [0.3, 0.4) is 0 Å². The molecule has 0 aliphatic rings. The summed E-state index contributed by atoms with van der Waals surface area (Å²) in [7, 11) is 0. The van der Waals surface area contributed by atoms with Crippen LogP contribution >= 0.6 is 15.9 Å². The molecule has 20 heavy (non-hydrogen) atoms. The first-order valence-electron chi connectivity index (χ1n) is 6.64. The lowest BCUT2D eigenvalue weighted by molar-refractivity contribution is 0.613. The summed E-state index contributed by atoms with van der Waals surface area (Å²) in [6.07, 6.45) is 4.09. The smallest absolute Gasteiger partial charge is 0.112 e. The predicted molar refractivity (Wildman–Crippen MR) is 84.5 cm³/mol. The zero-order chi connectivity index (χ0) is 14.5. The molecule has 0 fully saturated rings. The van der Waals surface area contributed by atoms with E-state index in [2.05, 4.69) is 50.7 Å². The van der Waals surface area contributed by atoms with Crippen LogP contribution in [0.5, 0.6) is 0 Å². The summed E-state index contributed by atoms with van der Waals surface area (Å²) < 4.78 is 0.919. The van der Waals surface area contributed by atoms with E-state index in [0.717, 1.165) is 27.7 Å². The average Bonchev–Trinajstić information content (AvgIpc) is 2.42. The second-order valence-corrected chi connectivity index (χ2v) is 6.01. The van der Waals surface area contributed by atoms with E-state index < -0.39 is 0 Å². The van der Waals surface area contributed by atoms with Gasteiger partial charge in [-0.1, -0.05) is 13.8 Å². The fourth-order valence-electron chi connectivity index (χ4n) is 2.18. The second-order valence-electron chi connectivity index (χ2n) is 5.10. The van der Waals surface area contributed by atoms with E-state index in [1.54, 1.807) is 12.4 Å². The lowest BCUT2D eigenvalue weighted by atomic mass is 10.1. The molecule has 0 aromatic carbocycles. The number of pyridine rings is 2. The molecule has 0 N–H and O–H groups in total. The molecule has 5 heteroatoms. The molecular weight excluding hydrogens is 316 g/mol. The molecule has 0 aliphatic carbocycles. The first-order valence-corrected chi connectivity index (χ1v) is 7.43. The fourth-order valence-corrected chi connectivity index (χ4v) is 2.50. The van der Waals surface area contributed by atoms with Crippen LogP contribution in [-0.2, 0) is 0 Å². The standard InChI is InChI=1S/C15H17BrN4/c1-11(2)10-20(7-3-5-17)14-4-6-18-13-8-12(16)9-19-15(13)14/h4,6,8-9,11H,3,7,10H2,1-2H3. The van der Waals surface area contributed by atoms with E-state index in [4.69, 9.17) is 5.26 Å². The van der Waals surface area contributed by atoms with Gasteiger partial charge in [0.05, 0.1) is 23.7 Å². The van der Waals surface area contributed by atoms with E-state index in [1.165, 1.54) is 0 Å². The van der Waals surface area contributed by atoms with Crippen LogP contribution in [0.2, 0.25) is 0 Å². The minimum atomic E-state index is 0.507. The van der Waals surface area contributed by atoms with Crippen molar-refractivity contribution in [3.8, 4) is 6.07 Å². The van der Waals surface area contributed by atoms with Crippen LogP contribution in [0, 0.1) is 17.2 Å². The van der Waals surface area contributed by atoms with Crippen molar-refractivity contribution < 1.29 is 0 Å². The van der Waals surface area contributed by atoms with Crippen molar-refractivity contribution in [3.05, 3.63) is 29.0 Å². The highest BCUT2D eigenvalue weighted by molar-refractivity contribution is 9.10. The predicted octanol–water partition coefficient (Wildman–Crippen LogP) is 3.77. The Balaban J connectivity index is 2.44. The summed E-state index contributed by atoms with van der Waals surface area (Å²) in [6, 6.07) is 6.15. The third kappa shape index (κ3) is 3.45. The first-order chi connectivity index (χ1) is 9.61. The van der Waals surface area contributed by atoms with Gasteiger partial charge in [0, 0.05) is 30.0 Å². The van der Waals surface area contributed by atoms with Gasteiger partial charge in [0.15, 0.2) is 0 Å². The van der Waals surface area contributed by atoms with Crippen molar-refractivity contribution in [2.24, 2.45) is 5.92 Å². The Morgan fingerprint density at radius 3 is 2.90 bits per heavy atom. The molecule has 0 saturated heterocycles. The van der Waals surface area contributed by atoms with Gasteiger partial charge in [-0.3, -0.25) is 9.97 Å². The van der Waals surface area contributed by atoms with Crippen LogP contribution in [-0.4, -0.2) is 23.1 Å². The highest BCUT2D eigenvalue weighted by atomic mass is 79.9. The number of fused-ring (bicyclic) bond motifs is 1. The molecule has 4 nitrogen and oxygen atoms in total. The number of halogens is 1. The fraction of sp³-hybridized carbons (Fsp3) is 0.400. The van der Waals surface area contributed by atoms with Crippen molar-refractivity contribution in [3.63, 3.8) is 0 Å². The molecule has 2 heterocycles. The van der Waals surface area contributed by atoms with Gasteiger partial charge in [0.2, 0.25) is 0 Å². The van der Waals surface area contributed by atoms with Crippen LogP contribution in [0.25, 0.3) is 11.0 Å². The van der Waals surface area contributed by atoms with Crippen LogP contribution < -0.4 is 4.90 Å². The maximum Gasteiger partial charge on any atom is 0.112 e. The average molecular weight is 333 g/mol. The number of aromatic nitrogens is 2. The largest absolute Gasteiger partial charge is 0.368 e. The molecule has 0 amide bonds. The SMILES string of the molecule is CC(C)CN(CCC#N)c1ccnc2cc(Br)cnc12. The summed E-state index contributed by atoms with van der Waals surface area (Å²) in [5, 5.41) is 8.84. The first kappa shape index (κ1) is 14.7. The minimum Gasteiger partial charge on any atom is -0.368 e.